The fourth-order valence-corrected chi connectivity index (χ4v) is 3.53. The maximum Gasteiger partial charge on any atom is 0.0903 e. The van der Waals surface area contributed by atoms with E-state index in [1.807, 2.05) is 13.8 Å². The van der Waals surface area contributed by atoms with Crippen LogP contribution in [0.2, 0.25) is 0 Å². The van der Waals surface area contributed by atoms with E-state index in [0.717, 1.165) is 38.9 Å². The highest BCUT2D eigenvalue weighted by molar-refractivity contribution is 4.96. The average molecular weight is 272 g/mol. The van der Waals surface area contributed by atoms with E-state index in [-0.39, 0.29) is 11.5 Å². The number of hydrogen-bond acceptors (Lipinski definition) is 4. The number of hydrogen-bond donors (Lipinski definition) is 2. The lowest BCUT2D eigenvalue weighted by Gasteiger charge is -2.47. The molecule has 2 unspecified atom stereocenters. The molecule has 4 heteroatoms. The molecule has 1 spiro atoms. The van der Waals surface area contributed by atoms with Crippen molar-refractivity contribution in [3.8, 4) is 0 Å². The molecule has 0 aromatic heterocycles. The molecular weight excluding hydrogens is 244 g/mol. The van der Waals surface area contributed by atoms with Crippen LogP contribution in [0.3, 0.4) is 0 Å². The second-order valence-corrected chi connectivity index (χ2v) is 6.15. The van der Waals surface area contributed by atoms with Crippen LogP contribution < -0.4 is 0 Å². The minimum atomic E-state index is -0.950. The van der Waals surface area contributed by atoms with E-state index in [9.17, 15) is 10.2 Å². The minimum absolute atomic E-state index is 0.120. The zero-order valence-corrected chi connectivity index (χ0v) is 12.2. The lowest BCUT2D eigenvalue weighted by Crippen LogP contribution is -2.52. The first kappa shape index (κ1) is 15.2. The Balaban J connectivity index is 2.04. The maximum atomic E-state index is 10.6. The van der Waals surface area contributed by atoms with Crippen molar-refractivity contribution < 1.29 is 19.7 Å². The molecule has 2 aliphatic rings. The van der Waals surface area contributed by atoms with Crippen molar-refractivity contribution in [2.24, 2.45) is 5.92 Å². The monoisotopic (exact) mass is 272 g/mol. The molecule has 2 saturated heterocycles. The number of rotatable bonds is 4. The van der Waals surface area contributed by atoms with Gasteiger partial charge in [0, 0.05) is 19.8 Å². The van der Waals surface area contributed by atoms with E-state index >= 15 is 0 Å². The molecule has 2 fully saturated rings. The Morgan fingerprint density at radius 1 is 1.21 bits per heavy atom. The van der Waals surface area contributed by atoms with Gasteiger partial charge in [-0.2, -0.15) is 0 Å². The van der Waals surface area contributed by atoms with Gasteiger partial charge in [-0.15, -0.1) is 0 Å². The zero-order chi connectivity index (χ0) is 13.9. The van der Waals surface area contributed by atoms with Crippen molar-refractivity contribution in [1.82, 2.24) is 0 Å². The van der Waals surface area contributed by atoms with Crippen molar-refractivity contribution in [2.45, 2.75) is 69.7 Å². The summed E-state index contributed by atoms with van der Waals surface area (Å²) in [4.78, 5) is 0. The van der Waals surface area contributed by atoms with Crippen molar-refractivity contribution in [3.05, 3.63) is 0 Å². The molecule has 0 amide bonds. The first-order valence-corrected chi connectivity index (χ1v) is 7.67. The smallest absolute Gasteiger partial charge is 0.0903 e. The van der Waals surface area contributed by atoms with Gasteiger partial charge in [0.25, 0.3) is 0 Å². The molecule has 2 N–H and O–H groups in total. The molecule has 2 aliphatic heterocycles. The highest BCUT2D eigenvalue weighted by Crippen LogP contribution is 2.41. The summed E-state index contributed by atoms with van der Waals surface area (Å²) >= 11 is 0. The lowest BCUT2D eigenvalue weighted by atomic mass is 9.73. The fraction of sp³-hybridized carbons (Fsp3) is 1.00. The standard InChI is InChI=1S/C15H28O4/c1-3-15(17,4-2)13(16)12-5-8-19-14(11-12)6-9-18-10-7-14/h12-13,16-17H,3-11H2,1-2H3. The third-order valence-corrected chi connectivity index (χ3v) is 5.16. The topological polar surface area (TPSA) is 58.9 Å². The summed E-state index contributed by atoms with van der Waals surface area (Å²) in [5.41, 5.74) is -1.07. The first-order chi connectivity index (χ1) is 9.05. The van der Waals surface area contributed by atoms with Gasteiger partial charge < -0.3 is 19.7 Å². The van der Waals surface area contributed by atoms with E-state index in [4.69, 9.17) is 9.47 Å². The van der Waals surface area contributed by atoms with Crippen molar-refractivity contribution in [3.63, 3.8) is 0 Å². The molecular formula is C15H28O4. The van der Waals surface area contributed by atoms with E-state index in [1.54, 1.807) is 0 Å². The molecule has 0 radical (unpaired) electrons. The number of aliphatic hydroxyl groups is 2. The summed E-state index contributed by atoms with van der Waals surface area (Å²) in [6, 6.07) is 0. The predicted octanol–water partition coefficient (Wildman–Crippen LogP) is 1.87. The van der Waals surface area contributed by atoms with Crippen LogP contribution in [0.1, 0.15) is 52.4 Å². The molecule has 19 heavy (non-hydrogen) atoms. The van der Waals surface area contributed by atoms with Gasteiger partial charge in [-0.05, 0) is 44.4 Å². The summed E-state index contributed by atoms with van der Waals surface area (Å²) in [6.45, 7) is 6.06. The Morgan fingerprint density at radius 3 is 2.42 bits per heavy atom. The van der Waals surface area contributed by atoms with Gasteiger partial charge in [0.05, 0.1) is 17.3 Å². The quantitative estimate of drug-likeness (QED) is 0.820. The Kier molecular flexibility index (Phi) is 4.88. The SMILES string of the molecule is CCC(O)(CC)C(O)C1CCOC2(CCOCC2)C1. The Bertz CT molecular complexity index is 276. The van der Waals surface area contributed by atoms with Crippen molar-refractivity contribution in [2.75, 3.05) is 19.8 Å². The normalized spacial score (nSPS) is 29.4. The Labute approximate surface area is 116 Å². The second-order valence-electron chi connectivity index (χ2n) is 6.15. The number of ether oxygens (including phenoxy) is 2. The molecule has 4 nitrogen and oxygen atoms in total. The van der Waals surface area contributed by atoms with Gasteiger partial charge in [-0.1, -0.05) is 13.8 Å². The van der Waals surface area contributed by atoms with Gasteiger partial charge in [0.2, 0.25) is 0 Å². The predicted molar refractivity (Wildman–Crippen MR) is 73.0 cm³/mol. The average Bonchev–Trinajstić information content (AvgIpc) is 2.46. The van der Waals surface area contributed by atoms with Gasteiger partial charge in [-0.25, -0.2) is 0 Å². The van der Waals surface area contributed by atoms with Crippen LogP contribution in [-0.2, 0) is 9.47 Å². The van der Waals surface area contributed by atoms with Crippen molar-refractivity contribution in [1.29, 1.82) is 0 Å². The van der Waals surface area contributed by atoms with Crippen LogP contribution in [0.5, 0.6) is 0 Å². The van der Waals surface area contributed by atoms with Gasteiger partial charge in [0.15, 0.2) is 0 Å². The Hall–Kier alpha value is -0.160. The summed E-state index contributed by atoms with van der Waals surface area (Å²) in [5, 5.41) is 21.1. The highest BCUT2D eigenvalue weighted by Gasteiger charge is 2.45. The number of aliphatic hydroxyl groups excluding tert-OH is 1. The van der Waals surface area contributed by atoms with E-state index in [2.05, 4.69) is 0 Å². The zero-order valence-electron chi connectivity index (χ0n) is 12.2. The lowest BCUT2D eigenvalue weighted by molar-refractivity contribution is -0.182. The largest absolute Gasteiger partial charge is 0.390 e. The molecule has 0 aliphatic carbocycles. The van der Waals surface area contributed by atoms with Crippen LogP contribution in [0.4, 0.5) is 0 Å². The van der Waals surface area contributed by atoms with E-state index in [0.29, 0.717) is 19.4 Å². The summed E-state index contributed by atoms with van der Waals surface area (Å²) in [7, 11) is 0. The third kappa shape index (κ3) is 3.13. The maximum absolute atomic E-state index is 10.6. The second kappa shape index (κ2) is 6.08. The molecule has 0 bridgehead atoms. The van der Waals surface area contributed by atoms with E-state index < -0.39 is 11.7 Å². The molecule has 0 aromatic carbocycles. The van der Waals surface area contributed by atoms with Gasteiger partial charge >= 0.3 is 0 Å². The molecule has 2 heterocycles. The minimum Gasteiger partial charge on any atom is -0.390 e. The fourth-order valence-electron chi connectivity index (χ4n) is 3.53. The summed E-state index contributed by atoms with van der Waals surface area (Å²) in [6.07, 6.45) is 4.05. The van der Waals surface area contributed by atoms with Crippen LogP contribution in [0, 0.1) is 5.92 Å². The highest BCUT2D eigenvalue weighted by atomic mass is 16.5. The van der Waals surface area contributed by atoms with E-state index in [1.165, 1.54) is 0 Å². The molecule has 0 aromatic rings. The summed E-state index contributed by atoms with van der Waals surface area (Å²) in [5.74, 6) is 0.136. The first-order valence-electron chi connectivity index (χ1n) is 7.67. The molecule has 0 saturated carbocycles. The molecule has 2 atom stereocenters. The third-order valence-electron chi connectivity index (χ3n) is 5.16. The van der Waals surface area contributed by atoms with Gasteiger partial charge in [0.1, 0.15) is 0 Å². The van der Waals surface area contributed by atoms with Crippen LogP contribution in [0.15, 0.2) is 0 Å². The van der Waals surface area contributed by atoms with Crippen LogP contribution in [-0.4, -0.2) is 47.3 Å². The summed E-state index contributed by atoms with van der Waals surface area (Å²) < 4.78 is 11.4. The van der Waals surface area contributed by atoms with Gasteiger partial charge in [-0.3, -0.25) is 0 Å². The Morgan fingerprint density at radius 2 is 1.84 bits per heavy atom. The van der Waals surface area contributed by atoms with Crippen LogP contribution >= 0.6 is 0 Å². The van der Waals surface area contributed by atoms with Crippen molar-refractivity contribution >= 4 is 0 Å². The molecule has 2 rings (SSSR count). The van der Waals surface area contributed by atoms with Crippen LogP contribution in [0.25, 0.3) is 0 Å². The molecule has 112 valence electrons.